The van der Waals surface area contributed by atoms with Crippen molar-refractivity contribution in [2.75, 3.05) is 20.3 Å². The van der Waals surface area contributed by atoms with Gasteiger partial charge in [-0.05, 0) is 42.5 Å². The molecule has 0 saturated carbocycles. The van der Waals surface area contributed by atoms with Crippen molar-refractivity contribution >= 4 is 10.9 Å². The van der Waals surface area contributed by atoms with E-state index in [9.17, 15) is 0 Å². The van der Waals surface area contributed by atoms with E-state index in [-0.39, 0.29) is 0 Å². The van der Waals surface area contributed by atoms with E-state index in [1.165, 1.54) is 16.5 Å². The normalized spacial score (nSPS) is 11.2. The number of nitrogens with two attached hydrogens (primary N) is 1. The zero-order chi connectivity index (χ0) is 12.1. The molecule has 1 heterocycles. The highest BCUT2D eigenvalue weighted by atomic mass is 16.5. The number of fused-ring (bicyclic) bond motifs is 1. The number of rotatable bonds is 6. The van der Waals surface area contributed by atoms with Crippen LogP contribution in [0.25, 0.3) is 10.9 Å². The van der Waals surface area contributed by atoms with Gasteiger partial charge in [-0.15, -0.1) is 0 Å². The van der Waals surface area contributed by atoms with Crippen LogP contribution in [0.15, 0.2) is 30.5 Å². The minimum atomic E-state index is 0.704. The van der Waals surface area contributed by atoms with Crippen molar-refractivity contribution in [2.24, 2.45) is 5.73 Å². The van der Waals surface area contributed by atoms with Gasteiger partial charge in [-0.3, -0.25) is 0 Å². The fraction of sp³-hybridized carbons (Fsp3) is 0.429. The summed E-state index contributed by atoms with van der Waals surface area (Å²) in [5.41, 5.74) is 8.20. The molecule has 0 atom stereocenters. The predicted octanol–water partition coefficient (Wildman–Crippen LogP) is 2.18. The van der Waals surface area contributed by atoms with Crippen LogP contribution in [0.2, 0.25) is 0 Å². The molecule has 3 nitrogen and oxygen atoms in total. The van der Waals surface area contributed by atoms with E-state index in [1.807, 2.05) is 0 Å². The molecule has 0 bridgehead atoms. The zero-order valence-corrected chi connectivity index (χ0v) is 10.4. The molecule has 0 aliphatic rings. The van der Waals surface area contributed by atoms with E-state index in [2.05, 4.69) is 35.0 Å². The number of hydrogen-bond donors (Lipinski definition) is 1. The van der Waals surface area contributed by atoms with Crippen molar-refractivity contribution in [3.63, 3.8) is 0 Å². The van der Waals surface area contributed by atoms with Gasteiger partial charge in [-0.25, -0.2) is 0 Å². The van der Waals surface area contributed by atoms with E-state index in [1.54, 1.807) is 7.11 Å². The Balaban J connectivity index is 2.20. The highest BCUT2D eigenvalue weighted by Gasteiger charge is 2.02. The summed E-state index contributed by atoms with van der Waals surface area (Å²) in [7, 11) is 1.74. The number of aryl methyl sites for hydroxylation is 1. The van der Waals surface area contributed by atoms with Crippen molar-refractivity contribution in [1.82, 2.24) is 4.57 Å². The van der Waals surface area contributed by atoms with Gasteiger partial charge in [0.05, 0.1) is 0 Å². The van der Waals surface area contributed by atoms with Crippen LogP contribution < -0.4 is 5.73 Å². The SMILES string of the molecule is COCCCn1ccc2ccc(CCN)cc21. The molecule has 0 unspecified atom stereocenters. The van der Waals surface area contributed by atoms with Gasteiger partial charge in [0.1, 0.15) is 0 Å². The Morgan fingerprint density at radius 2 is 2.18 bits per heavy atom. The molecule has 2 aromatic rings. The number of benzene rings is 1. The number of aromatic nitrogens is 1. The molecule has 2 rings (SSSR count). The molecule has 92 valence electrons. The quantitative estimate of drug-likeness (QED) is 0.775. The average Bonchev–Trinajstić information content (AvgIpc) is 2.73. The van der Waals surface area contributed by atoms with Gasteiger partial charge in [0, 0.05) is 32.0 Å². The summed E-state index contributed by atoms with van der Waals surface area (Å²) in [4.78, 5) is 0. The smallest absolute Gasteiger partial charge is 0.0483 e. The van der Waals surface area contributed by atoms with Crippen LogP contribution in [0, 0.1) is 0 Å². The molecule has 0 saturated heterocycles. The largest absolute Gasteiger partial charge is 0.385 e. The fourth-order valence-electron chi connectivity index (χ4n) is 2.13. The second-order valence-electron chi connectivity index (χ2n) is 4.29. The van der Waals surface area contributed by atoms with Crippen LogP contribution in [0.5, 0.6) is 0 Å². The summed E-state index contributed by atoms with van der Waals surface area (Å²) < 4.78 is 7.37. The van der Waals surface area contributed by atoms with E-state index in [0.29, 0.717) is 6.54 Å². The summed E-state index contributed by atoms with van der Waals surface area (Å²) in [6.07, 6.45) is 4.13. The molecular weight excluding hydrogens is 212 g/mol. The maximum absolute atomic E-state index is 5.59. The van der Waals surface area contributed by atoms with Crippen molar-refractivity contribution in [3.8, 4) is 0 Å². The van der Waals surface area contributed by atoms with Crippen molar-refractivity contribution in [3.05, 3.63) is 36.0 Å². The first-order chi connectivity index (χ1) is 8.35. The third-order valence-corrected chi connectivity index (χ3v) is 3.02. The standard InChI is InChI=1S/C14H20N2O/c1-17-10-2-8-16-9-6-13-4-3-12(5-7-15)11-14(13)16/h3-4,6,9,11H,2,5,7-8,10,15H2,1H3. The molecule has 3 heteroatoms. The highest BCUT2D eigenvalue weighted by molar-refractivity contribution is 5.80. The molecule has 17 heavy (non-hydrogen) atoms. The predicted molar refractivity (Wildman–Crippen MR) is 71.2 cm³/mol. The summed E-state index contributed by atoms with van der Waals surface area (Å²) in [5.74, 6) is 0. The molecular formula is C14H20N2O. The van der Waals surface area contributed by atoms with Gasteiger partial charge in [-0.2, -0.15) is 0 Å². The van der Waals surface area contributed by atoms with Crippen LogP contribution in [0.3, 0.4) is 0 Å². The second kappa shape index (κ2) is 5.84. The lowest BCUT2D eigenvalue weighted by Gasteiger charge is -2.06. The molecule has 0 aliphatic heterocycles. The van der Waals surface area contributed by atoms with Crippen LogP contribution in [0.4, 0.5) is 0 Å². The molecule has 0 aliphatic carbocycles. The first-order valence-electron chi connectivity index (χ1n) is 6.12. The van der Waals surface area contributed by atoms with Gasteiger partial charge < -0.3 is 15.0 Å². The lowest BCUT2D eigenvalue weighted by Crippen LogP contribution is -2.03. The van der Waals surface area contributed by atoms with Gasteiger partial charge in [0.25, 0.3) is 0 Å². The summed E-state index contributed by atoms with van der Waals surface area (Å²) in [5, 5.41) is 1.29. The maximum atomic E-state index is 5.59. The topological polar surface area (TPSA) is 40.2 Å². The van der Waals surface area contributed by atoms with Crippen molar-refractivity contribution in [2.45, 2.75) is 19.4 Å². The highest BCUT2D eigenvalue weighted by Crippen LogP contribution is 2.18. The van der Waals surface area contributed by atoms with Crippen molar-refractivity contribution < 1.29 is 4.74 Å². The summed E-state index contributed by atoms with van der Waals surface area (Å²) >= 11 is 0. The van der Waals surface area contributed by atoms with Crippen LogP contribution >= 0.6 is 0 Å². The van der Waals surface area contributed by atoms with Crippen molar-refractivity contribution in [1.29, 1.82) is 0 Å². The van der Waals surface area contributed by atoms with E-state index >= 15 is 0 Å². The number of methoxy groups -OCH3 is 1. The molecule has 0 fully saturated rings. The lowest BCUT2D eigenvalue weighted by molar-refractivity contribution is 0.190. The molecule has 0 amide bonds. The van der Waals surface area contributed by atoms with Gasteiger partial charge in [0.2, 0.25) is 0 Å². The molecule has 1 aromatic carbocycles. The molecule has 1 aromatic heterocycles. The minimum Gasteiger partial charge on any atom is -0.385 e. The minimum absolute atomic E-state index is 0.704. The molecule has 2 N–H and O–H groups in total. The summed E-state index contributed by atoms with van der Waals surface area (Å²) in [6, 6.07) is 8.74. The van der Waals surface area contributed by atoms with E-state index in [0.717, 1.165) is 26.0 Å². The molecule has 0 radical (unpaired) electrons. The Hall–Kier alpha value is -1.32. The third-order valence-electron chi connectivity index (χ3n) is 3.02. The first-order valence-corrected chi connectivity index (χ1v) is 6.12. The summed E-state index contributed by atoms with van der Waals surface area (Å²) in [6.45, 7) is 2.52. The Morgan fingerprint density at radius 3 is 2.94 bits per heavy atom. The average molecular weight is 232 g/mol. The number of hydrogen-bond acceptors (Lipinski definition) is 2. The lowest BCUT2D eigenvalue weighted by atomic mass is 10.1. The Bertz CT molecular complexity index is 476. The van der Waals surface area contributed by atoms with E-state index < -0.39 is 0 Å². The second-order valence-corrected chi connectivity index (χ2v) is 4.29. The Morgan fingerprint density at radius 1 is 1.29 bits per heavy atom. The van der Waals surface area contributed by atoms with Gasteiger partial charge in [0.15, 0.2) is 0 Å². The number of nitrogens with zero attached hydrogens (tertiary/aromatic N) is 1. The first kappa shape index (κ1) is 12.1. The Labute approximate surface area is 102 Å². The van der Waals surface area contributed by atoms with E-state index in [4.69, 9.17) is 10.5 Å². The van der Waals surface area contributed by atoms with Crippen LogP contribution in [-0.4, -0.2) is 24.8 Å². The maximum Gasteiger partial charge on any atom is 0.0483 e. The van der Waals surface area contributed by atoms with Crippen LogP contribution in [-0.2, 0) is 17.7 Å². The molecule has 0 spiro atoms. The Kier molecular flexibility index (Phi) is 4.18. The number of ether oxygens (including phenoxy) is 1. The monoisotopic (exact) mass is 232 g/mol. The van der Waals surface area contributed by atoms with Gasteiger partial charge in [-0.1, -0.05) is 12.1 Å². The third kappa shape index (κ3) is 2.87. The zero-order valence-electron chi connectivity index (χ0n) is 10.4. The van der Waals surface area contributed by atoms with Crippen LogP contribution in [0.1, 0.15) is 12.0 Å². The van der Waals surface area contributed by atoms with Gasteiger partial charge >= 0.3 is 0 Å². The fourth-order valence-corrected chi connectivity index (χ4v) is 2.13.